The van der Waals surface area contributed by atoms with Gasteiger partial charge in [-0.25, -0.2) is 0 Å². The minimum absolute atomic E-state index is 0.431. The molecule has 1 rings (SSSR count). The van der Waals surface area contributed by atoms with E-state index in [4.69, 9.17) is 5.73 Å². The second kappa shape index (κ2) is 2.94. The van der Waals surface area contributed by atoms with E-state index in [1.165, 1.54) is 6.26 Å². The van der Waals surface area contributed by atoms with Crippen molar-refractivity contribution in [3.63, 3.8) is 0 Å². The molecular weight excluding hydrogens is 150 g/mol. The highest BCUT2D eigenvalue weighted by Gasteiger charge is 2.03. The van der Waals surface area contributed by atoms with Gasteiger partial charge in [0.25, 0.3) is 0 Å². The van der Waals surface area contributed by atoms with Crippen LogP contribution in [0.3, 0.4) is 0 Å². The molecule has 0 bridgehead atoms. The van der Waals surface area contributed by atoms with Crippen molar-refractivity contribution in [3.05, 3.63) is 11.8 Å². The van der Waals surface area contributed by atoms with Crippen LogP contribution >= 0.6 is 12.8 Å². The van der Waals surface area contributed by atoms with E-state index in [2.05, 4.69) is 22.5 Å². The summed E-state index contributed by atoms with van der Waals surface area (Å²) in [5.41, 5.74) is 6.28. The highest BCUT2D eigenvalue weighted by molar-refractivity contribution is 7.77. The number of hydrogen-bond donors (Lipinski definition) is 2. The van der Waals surface area contributed by atoms with E-state index in [1.54, 1.807) is 4.31 Å². The maximum atomic E-state index is 5.42. The molecule has 10 heavy (non-hydrogen) atoms. The van der Waals surface area contributed by atoms with Crippen LogP contribution in [-0.2, 0) is 6.54 Å². The van der Waals surface area contributed by atoms with Crippen LogP contribution in [0, 0.1) is 0 Å². The van der Waals surface area contributed by atoms with Gasteiger partial charge in [-0.15, -0.1) is 0 Å². The largest absolute Gasteiger partial charge is 0.381 e. The van der Waals surface area contributed by atoms with Crippen LogP contribution in [0.4, 0.5) is 5.82 Å². The highest BCUT2D eigenvalue weighted by Crippen LogP contribution is 2.10. The van der Waals surface area contributed by atoms with Gasteiger partial charge in [0, 0.05) is 6.54 Å². The van der Waals surface area contributed by atoms with E-state index in [0.717, 1.165) is 5.56 Å². The van der Waals surface area contributed by atoms with Crippen molar-refractivity contribution in [3.8, 4) is 0 Å². The van der Waals surface area contributed by atoms with Crippen molar-refractivity contribution in [2.45, 2.75) is 6.54 Å². The topological polar surface area (TPSA) is 55.3 Å². The number of nitrogens with zero attached hydrogens (tertiary/aromatic N) is 2. The molecular formula is C5H9N3OS. The van der Waals surface area contributed by atoms with Gasteiger partial charge in [-0.05, 0) is 7.05 Å². The molecule has 4 nitrogen and oxygen atoms in total. The van der Waals surface area contributed by atoms with E-state index in [9.17, 15) is 0 Å². The summed E-state index contributed by atoms with van der Waals surface area (Å²) in [6.07, 6.45) is 1.52. The lowest BCUT2D eigenvalue weighted by atomic mass is 10.3. The molecule has 1 aromatic heterocycles. The van der Waals surface area contributed by atoms with Crippen molar-refractivity contribution >= 4 is 18.6 Å². The Bertz CT molecular complexity index is 210. The van der Waals surface area contributed by atoms with Gasteiger partial charge in [0.15, 0.2) is 5.82 Å². The Morgan fingerprint density at radius 3 is 3.00 bits per heavy atom. The Balaban J connectivity index is 2.65. The van der Waals surface area contributed by atoms with Gasteiger partial charge >= 0.3 is 0 Å². The smallest absolute Gasteiger partial charge is 0.171 e. The normalized spacial score (nSPS) is 10.7. The highest BCUT2D eigenvalue weighted by atomic mass is 32.1. The second-order valence-corrected chi connectivity index (χ2v) is 2.72. The molecule has 0 saturated heterocycles. The zero-order valence-electron chi connectivity index (χ0n) is 5.61. The summed E-state index contributed by atoms with van der Waals surface area (Å²) in [4.78, 5) is 0. The Morgan fingerprint density at radius 1 is 1.90 bits per heavy atom. The fourth-order valence-electron chi connectivity index (χ4n) is 0.631. The van der Waals surface area contributed by atoms with E-state index in [-0.39, 0.29) is 0 Å². The summed E-state index contributed by atoms with van der Waals surface area (Å²) >= 11 is 4.04. The average molecular weight is 159 g/mol. The van der Waals surface area contributed by atoms with Crippen LogP contribution in [-0.4, -0.2) is 16.5 Å². The number of thiol groups is 1. The number of hydrogen-bond acceptors (Lipinski definition) is 5. The molecule has 0 saturated carbocycles. The Labute approximate surface area is 64.5 Å². The first-order valence-corrected chi connectivity index (χ1v) is 3.19. The number of aromatic nitrogens is 1. The Morgan fingerprint density at radius 2 is 2.60 bits per heavy atom. The first-order chi connectivity index (χ1) is 4.70. The third-order valence-corrected chi connectivity index (χ3v) is 1.22. The Kier molecular flexibility index (Phi) is 2.18. The summed E-state index contributed by atoms with van der Waals surface area (Å²) in [7, 11) is 1.83. The van der Waals surface area contributed by atoms with Gasteiger partial charge in [-0.1, -0.05) is 18.0 Å². The molecule has 0 aliphatic rings. The standard InChI is InChI=1S/C5H9N3OS/c1-8(10)2-4-3-9-7-5(4)6/h3,10H,2H2,1H3,(H2,6,7). The van der Waals surface area contributed by atoms with Crippen molar-refractivity contribution in [1.29, 1.82) is 0 Å². The molecule has 0 unspecified atom stereocenters. The summed E-state index contributed by atoms with van der Waals surface area (Å²) in [6.45, 7) is 0.637. The molecule has 56 valence electrons. The number of rotatable bonds is 2. The quantitative estimate of drug-likeness (QED) is 0.618. The van der Waals surface area contributed by atoms with Crippen LogP contribution in [0.1, 0.15) is 5.56 Å². The van der Waals surface area contributed by atoms with Gasteiger partial charge < -0.3 is 10.3 Å². The molecule has 1 aromatic rings. The summed E-state index contributed by atoms with van der Waals surface area (Å²) in [6, 6.07) is 0. The zero-order chi connectivity index (χ0) is 7.56. The fraction of sp³-hybridized carbons (Fsp3) is 0.400. The SMILES string of the molecule is CN(S)Cc1conc1N. The van der Waals surface area contributed by atoms with Gasteiger partial charge in [0.05, 0.1) is 5.56 Å². The molecule has 5 heteroatoms. The molecule has 1 heterocycles. The van der Waals surface area contributed by atoms with Crippen LogP contribution < -0.4 is 5.73 Å². The number of nitrogens with two attached hydrogens (primary N) is 1. The predicted octanol–water partition coefficient (Wildman–Crippen LogP) is 0.533. The van der Waals surface area contributed by atoms with Crippen molar-refractivity contribution < 1.29 is 4.52 Å². The van der Waals surface area contributed by atoms with Crippen molar-refractivity contribution in [1.82, 2.24) is 9.46 Å². The predicted molar refractivity (Wildman–Crippen MR) is 41.4 cm³/mol. The minimum Gasteiger partial charge on any atom is -0.381 e. The number of nitrogen functional groups attached to an aromatic ring is 1. The third kappa shape index (κ3) is 1.65. The lowest BCUT2D eigenvalue weighted by Crippen LogP contribution is -2.05. The minimum atomic E-state index is 0.431. The molecule has 0 amide bonds. The average Bonchev–Trinajstić information content (AvgIpc) is 2.15. The molecule has 0 radical (unpaired) electrons. The summed E-state index contributed by atoms with van der Waals surface area (Å²) < 4.78 is 6.31. The monoisotopic (exact) mass is 159 g/mol. The molecule has 2 N–H and O–H groups in total. The van der Waals surface area contributed by atoms with E-state index >= 15 is 0 Å². The Hall–Kier alpha value is -0.680. The van der Waals surface area contributed by atoms with Gasteiger partial charge in [0.1, 0.15) is 6.26 Å². The zero-order valence-corrected chi connectivity index (χ0v) is 6.51. The number of anilines is 1. The first kappa shape index (κ1) is 7.43. The van der Waals surface area contributed by atoms with Gasteiger partial charge in [-0.2, -0.15) is 0 Å². The molecule has 0 spiro atoms. The van der Waals surface area contributed by atoms with Crippen LogP contribution in [0.2, 0.25) is 0 Å². The first-order valence-electron chi connectivity index (χ1n) is 2.79. The third-order valence-electron chi connectivity index (χ3n) is 1.07. The molecule has 0 aromatic carbocycles. The van der Waals surface area contributed by atoms with Crippen LogP contribution in [0.15, 0.2) is 10.8 Å². The van der Waals surface area contributed by atoms with Crippen LogP contribution in [0.5, 0.6) is 0 Å². The maximum Gasteiger partial charge on any atom is 0.171 e. The van der Waals surface area contributed by atoms with Gasteiger partial charge in [-0.3, -0.25) is 4.31 Å². The summed E-state index contributed by atoms with van der Waals surface area (Å²) in [5, 5.41) is 3.51. The second-order valence-electron chi connectivity index (χ2n) is 2.04. The van der Waals surface area contributed by atoms with E-state index in [0.29, 0.717) is 12.4 Å². The van der Waals surface area contributed by atoms with E-state index < -0.39 is 0 Å². The van der Waals surface area contributed by atoms with Crippen molar-refractivity contribution in [2.24, 2.45) is 0 Å². The lowest BCUT2D eigenvalue weighted by Gasteiger charge is -2.04. The fourth-order valence-corrected chi connectivity index (χ4v) is 0.783. The molecule has 0 aliphatic heterocycles. The van der Waals surface area contributed by atoms with Crippen LogP contribution in [0.25, 0.3) is 0 Å². The van der Waals surface area contributed by atoms with Gasteiger partial charge in [0.2, 0.25) is 0 Å². The van der Waals surface area contributed by atoms with E-state index in [1.807, 2.05) is 7.05 Å². The maximum absolute atomic E-state index is 5.42. The molecule has 0 fully saturated rings. The van der Waals surface area contributed by atoms with Crippen molar-refractivity contribution in [2.75, 3.05) is 12.8 Å². The molecule has 0 aliphatic carbocycles. The lowest BCUT2D eigenvalue weighted by molar-refractivity contribution is 0.420. The summed E-state index contributed by atoms with van der Waals surface area (Å²) in [5.74, 6) is 0.431. The molecule has 0 atom stereocenters.